The van der Waals surface area contributed by atoms with Gasteiger partial charge in [-0.3, -0.25) is 4.90 Å². The largest absolute Gasteiger partial charge is 0.493 e. The third-order valence-electron chi connectivity index (χ3n) is 5.53. The zero-order chi connectivity index (χ0) is 19.7. The number of halogens is 1. The fraction of sp³-hybridized carbons (Fsp3) is 0.364. The summed E-state index contributed by atoms with van der Waals surface area (Å²) in [5.74, 6) is 0.475. The zero-order valence-corrected chi connectivity index (χ0v) is 16.6. The Balaban J connectivity index is 1.61. The van der Waals surface area contributed by atoms with E-state index < -0.39 is 0 Å². The van der Waals surface area contributed by atoms with Crippen LogP contribution in [0.2, 0.25) is 5.02 Å². The Kier molecular flexibility index (Phi) is 5.60. The van der Waals surface area contributed by atoms with Gasteiger partial charge < -0.3 is 19.9 Å². The summed E-state index contributed by atoms with van der Waals surface area (Å²) < 4.78 is 5.69. The fourth-order valence-electron chi connectivity index (χ4n) is 3.93. The number of nitrogens with one attached hydrogen (secondary N) is 1. The number of aliphatic hydroxyl groups excluding tert-OH is 2. The third kappa shape index (κ3) is 3.63. The summed E-state index contributed by atoms with van der Waals surface area (Å²) in [4.78, 5) is 5.95. The monoisotopic (exact) mass is 400 g/mol. The molecule has 4 rings (SSSR count). The second-order valence-electron chi connectivity index (χ2n) is 7.45. The van der Waals surface area contributed by atoms with E-state index in [0.717, 1.165) is 29.3 Å². The molecule has 3 N–H and O–H groups in total. The molecule has 0 saturated carbocycles. The molecule has 1 aliphatic rings. The lowest BCUT2D eigenvalue weighted by molar-refractivity contribution is 0.106. The number of aromatic nitrogens is 1. The van der Waals surface area contributed by atoms with Gasteiger partial charge in [0.05, 0.1) is 25.9 Å². The van der Waals surface area contributed by atoms with Crippen molar-refractivity contribution in [2.75, 3.05) is 33.4 Å². The lowest BCUT2D eigenvalue weighted by atomic mass is 9.93. The first kappa shape index (κ1) is 19.3. The van der Waals surface area contributed by atoms with Crippen molar-refractivity contribution in [3.8, 4) is 5.75 Å². The Labute approximate surface area is 169 Å². The predicted octanol–water partition coefficient (Wildman–Crippen LogP) is 3.38. The molecule has 0 radical (unpaired) electrons. The van der Waals surface area contributed by atoms with E-state index in [-0.39, 0.29) is 25.2 Å². The number of rotatable bonds is 6. The molecule has 0 saturated heterocycles. The fourth-order valence-corrected chi connectivity index (χ4v) is 4.10. The van der Waals surface area contributed by atoms with Gasteiger partial charge in [0.1, 0.15) is 5.75 Å². The highest BCUT2D eigenvalue weighted by molar-refractivity contribution is 6.31. The van der Waals surface area contributed by atoms with Crippen LogP contribution in [-0.2, 0) is 6.42 Å². The van der Waals surface area contributed by atoms with Crippen LogP contribution in [0.15, 0.2) is 42.5 Å². The van der Waals surface area contributed by atoms with E-state index >= 15 is 0 Å². The second kappa shape index (κ2) is 8.13. The number of H-pyrrole nitrogens is 1. The van der Waals surface area contributed by atoms with E-state index in [1.165, 1.54) is 22.2 Å². The smallest absolute Gasteiger partial charge is 0.119 e. The van der Waals surface area contributed by atoms with Gasteiger partial charge in [-0.25, -0.2) is 0 Å². The first-order chi connectivity index (χ1) is 13.6. The van der Waals surface area contributed by atoms with Crippen LogP contribution in [0.3, 0.4) is 0 Å². The summed E-state index contributed by atoms with van der Waals surface area (Å²) in [6.45, 7) is 1.09. The molecule has 0 amide bonds. The summed E-state index contributed by atoms with van der Waals surface area (Å²) in [6, 6.07) is 14.2. The van der Waals surface area contributed by atoms with Crippen molar-refractivity contribution in [2.24, 2.45) is 5.92 Å². The van der Waals surface area contributed by atoms with Gasteiger partial charge >= 0.3 is 0 Å². The lowest BCUT2D eigenvalue weighted by Gasteiger charge is -2.33. The lowest BCUT2D eigenvalue weighted by Crippen LogP contribution is -2.32. The van der Waals surface area contributed by atoms with Crippen LogP contribution < -0.4 is 4.74 Å². The number of nitrogens with zero attached hydrogens (tertiary/aromatic N) is 1. The minimum atomic E-state index is -0.259. The van der Waals surface area contributed by atoms with Gasteiger partial charge in [-0.05, 0) is 54.9 Å². The first-order valence-corrected chi connectivity index (χ1v) is 9.93. The number of benzene rings is 2. The van der Waals surface area contributed by atoms with Crippen molar-refractivity contribution >= 4 is 22.5 Å². The number of hydrogen-bond donors (Lipinski definition) is 3. The van der Waals surface area contributed by atoms with E-state index in [9.17, 15) is 0 Å². The van der Waals surface area contributed by atoms with Gasteiger partial charge in [0.25, 0.3) is 0 Å². The topological polar surface area (TPSA) is 68.7 Å². The van der Waals surface area contributed by atoms with Crippen LogP contribution in [0.4, 0.5) is 0 Å². The molecule has 0 bridgehead atoms. The molecule has 0 aliphatic carbocycles. The number of aliphatic hydroxyl groups is 2. The zero-order valence-electron chi connectivity index (χ0n) is 15.9. The Morgan fingerprint density at radius 1 is 1.18 bits per heavy atom. The summed E-state index contributed by atoms with van der Waals surface area (Å²) >= 11 is 6.22. The number of ether oxygens (including phenoxy) is 1. The van der Waals surface area contributed by atoms with Gasteiger partial charge in [0.2, 0.25) is 0 Å². The maximum atomic E-state index is 9.16. The molecule has 3 aromatic rings. The highest BCUT2D eigenvalue weighted by Crippen LogP contribution is 2.38. The average Bonchev–Trinajstić information content (AvgIpc) is 3.07. The Bertz CT molecular complexity index is 950. The van der Waals surface area contributed by atoms with Gasteiger partial charge in [0.15, 0.2) is 0 Å². The van der Waals surface area contributed by atoms with E-state index in [1.807, 2.05) is 30.3 Å². The summed E-state index contributed by atoms with van der Waals surface area (Å²) in [5.41, 5.74) is 4.87. The molecule has 0 fully saturated rings. The van der Waals surface area contributed by atoms with Gasteiger partial charge in [-0.15, -0.1) is 0 Å². The highest BCUT2D eigenvalue weighted by atomic mass is 35.5. The standard InChI is InChI=1S/C22H25ClN2O3/c1-25-9-8-18-19-10-16(23)4-7-20(19)24-21(18)22(25)15-2-5-17(6-3-15)28-13-14(11-26)12-27/h2-7,10,14,22,24,26-27H,8-9,11-13H2,1H3. The predicted molar refractivity (Wildman–Crippen MR) is 111 cm³/mol. The highest BCUT2D eigenvalue weighted by Gasteiger charge is 2.29. The molecule has 2 aromatic carbocycles. The van der Waals surface area contributed by atoms with E-state index in [2.05, 4.69) is 29.1 Å². The van der Waals surface area contributed by atoms with Crippen LogP contribution in [-0.4, -0.2) is 53.5 Å². The van der Waals surface area contributed by atoms with Gasteiger partial charge in [0, 0.05) is 34.1 Å². The van der Waals surface area contributed by atoms with Crippen molar-refractivity contribution in [1.82, 2.24) is 9.88 Å². The van der Waals surface area contributed by atoms with E-state index in [0.29, 0.717) is 6.61 Å². The minimum absolute atomic E-state index is 0.0887. The summed E-state index contributed by atoms with van der Waals surface area (Å²) in [5, 5.41) is 20.3. The van der Waals surface area contributed by atoms with Crippen molar-refractivity contribution < 1.29 is 14.9 Å². The number of likely N-dealkylation sites (N-methyl/N-ethyl adjacent to an activating group) is 1. The Hall–Kier alpha value is -2.05. The molecule has 0 spiro atoms. The van der Waals surface area contributed by atoms with Gasteiger partial charge in [-0.1, -0.05) is 23.7 Å². The van der Waals surface area contributed by atoms with E-state index in [1.54, 1.807) is 0 Å². The molecule has 148 valence electrons. The maximum Gasteiger partial charge on any atom is 0.119 e. The van der Waals surface area contributed by atoms with Crippen LogP contribution >= 0.6 is 11.6 Å². The molecular weight excluding hydrogens is 376 g/mol. The molecule has 1 aliphatic heterocycles. The van der Waals surface area contributed by atoms with Crippen molar-refractivity contribution in [1.29, 1.82) is 0 Å². The van der Waals surface area contributed by atoms with Crippen LogP contribution in [0, 0.1) is 5.92 Å². The quantitative estimate of drug-likeness (QED) is 0.593. The van der Waals surface area contributed by atoms with Crippen LogP contribution in [0.1, 0.15) is 22.9 Å². The summed E-state index contributed by atoms with van der Waals surface area (Å²) in [7, 11) is 2.14. The molecule has 5 nitrogen and oxygen atoms in total. The third-order valence-corrected chi connectivity index (χ3v) is 5.76. The Morgan fingerprint density at radius 2 is 1.93 bits per heavy atom. The molecule has 6 heteroatoms. The Morgan fingerprint density at radius 3 is 2.64 bits per heavy atom. The average molecular weight is 401 g/mol. The number of fused-ring (bicyclic) bond motifs is 3. The molecule has 1 atom stereocenters. The maximum absolute atomic E-state index is 9.16. The normalized spacial score (nSPS) is 17.2. The van der Waals surface area contributed by atoms with Crippen molar-refractivity contribution in [3.63, 3.8) is 0 Å². The molecule has 2 heterocycles. The molecular formula is C22H25ClN2O3. The second-order valence-corrected chi connectivity index (χ2v) is 7.89. The summed E-state index contributed by atoms with van der Waals surface area (Å²) in [6.07, 6.45) is 0.994. The minimum Gasteiger partial charge on any atom is -0.493 e. The molecule has 1 aromatic heterocycles. The SMILES string of the molecule is CN1CCc2c([nH]c3ccc(Cl)cc23)C1c1ccc(OCC(CO)CO)cc1. The van der Waals surface area contributed by atoms with Crippen molar-refractivity contribution in [2.45, 2.75) is 12.5 Å². The number of aromatic amines is 1. The molecule has 1 unspecified atom stereocenters. The first-order valence-electron chi connectivity index (χ1n) is 9.55. The van der Waals surface area contributed by atoms with Crippen LogP contribution in [0.25, 0.3) is 10.9 Å². The number of hydrogen-bond acceptors (Lipinski definition) is 4. The van der Waals surface area contributed by atoms with E-state index in [4.69, 9.17) is 26.6 Å². The molecule has 28 heavy (non-hydrogen) atoms. The van der Waals surface area contributed by atoms with Crippen molar-refractivity contribution in [3.05, 3.63) is 64.3 Å². The van der Waals surface area contributed by atoms with Gasteiger partial charge in [-0.2, -0.15) is 0 Å². The van der Waals surface area contributed by atoms with Crippen LogP contribution in [0.5, 0.6) is 5.75 Å².